The van der Waals surface area contributed by atoms with Gasteiger partial charge in [0.2, 0.25) is 0 Å². The van der Waals surface area contributed by atoms with Crippen LogP contribution in [-0.4, -0.2) is 11.8 Å². The van der Waals surface area contributed by atoms with Gasteiger partial charge in [0, 0.05) is 61.8 Å². The van der Waals surface area contributed by atoms with Gasteiger partial charge >= 0.3 is 0 Å². The van der Waals surface area contributed by atoms with Crippen molar-refractivity contribution in [3.05, 3.63) is 235 Å². The topological polar surface area (TPSA) is 23.4 Å². The van der Waals surface area contributed by atoms with Gasteiger partial charge in [0.15, 0.2) is 7.28 Å². The van der Waals surface area contributed by atoms with Crippen LogP contribution in [0.4, 0.5) is 45.5 Å². The molecule has 4 nitrogen and oxygen atoms in total. The van der Waals surface area contributed by atoms with Gasteiger partial charge in [-0.15, -0.1) is 0 Å². The van der Waals surface area contributed by atoms with E-state index in [0.29, 0.717) is 0 Å². The second-order valence-electron chi connectivity index (χ2n) is 25.4. The first-order valence-electron chi connectivity index (χ1n) is 28.6. The molecule has 0 bridgehead atoms. The number of para-hydroxylation sites is 4. The van der Waals surface area contributed by atoms with Crippen molar-refractivity contribution in [2.45, 2.75) is 103 Å². The Labute approximate surface area is 467 Å². The predicted octanol–water partition coefficient (Wildman–Crippen LogP) is 19.0. The van der Waals surface area contributed by atoms with E-state index < -0.39 is 0 Å². The van der Waals surface area contributed by atoms with Crippen LogP contribution in [0.1, 0.15) is 103 Å². The molecule has 11 aromatic rings. The van der Waals surface area contributed by atoms with E-state index in [1.165, 1.54) is 77.9 Å². The highest BCUT2D eigenvalue weighted by atomic mass is 15.2. The Hall–Kier alpha value is -8.28. The van der Waals surface area contributed by atoms with E-state index in [4.69, 9.17) is 0 Å². The average Bonchev–Trinajstić information content (AvgIpc) is 3.67. The molecule has 387 valence electrons. The molecule has 1 radical (unpaired) electrons. The molecule has 3 aliphatic rings. The van der Waals surface area contributed by atoms with Crippen molar-refractivity contribution in [2.24, 2.45) is 0 Å². The van der Waals surface area contributed by atoms with Crippen LogP contribution in [0.5, 0.6) is 0 Å². The molecular weight excluding hydrogens is 956 g/mol. The third-order valence-electron chi connectivity index (χ3n) is 18.5. The van der Waals surface area contributed by atoms with E-state index >= 15 is 0 Å². The second kappa shape index (κ2) is 18.1. The summed E-state index contributed by atoms with van der Waals surface area (Å²) in [5.41, 5.74) is 23.1. The minimum Gasteiger partial charge on any atom is -0.355 e. The predicted molar refractivity (Wildman–Crippen MR) is 338 cm³/mol. The fourth-order valence-electron chi connectivity index (χ4n) is 13.9. The van der Waals surface area contributed by atoms with Crippen LogP contribution in [0.15, 0.2) is 212 Å². The van der Waals surface area contributed by atoms with Crippen molar-refractivity contribution in [3.63, 3.8) is 0 Å². The zero-order valence-corrected chi connectivity index (χ0v) is 47.0. The minimum atomic E-state index is 0.0192. The second-order valence-corrected chi connectivity index (χ2v) is 25.4. The Balaban J connectivity index is 1.14. The number of fused-ring (bicyclic) bond motifs is 9. The fraction of sp³-hybridized carbons (Fsp3) is 0.216. The van der Waals surface area contributed by atoms with Crippen LogP contribution < -0.4 is 26.0 Å². The molecule has 0 saturated carbocycles. The molecule has 5 heteroatoms. The summed E-state index contributed by atoms with van der Waals surface area (Å²) in [5, 5.41) is 9.12. The Morgan fingerprint density at radius 3 is 1.53 bits per heavy atom. The lowest BCUT2D eigenvalue weighted by molar-refractivity contribution is 0.332. The molecule has 0 saturated heterocycles. The molecule has 79 heavy (non-hydrogen) atoms. The molecule has 0 fully saturated rings. The van der Waals surface area contributed by atoms with E-state index in [-0.39, 0.29) is 21.7 Å². The van der Waals surface area contributed by atoms with Crippen molar-refractivity contribution < 1.29 is 0 Å². The lowest BCUT2D eigenvalue weighted by Gasteiger charge is -2.43. The summed E-state index contributed by atoms with van der Waals surface area (Å²) in [6.45, 7) is 19.5. The molecule has 10 aromatic carbocycles. The molecule has 2 aliphatic carbocycles. The van der Waals surface area contributed by atoms with Crippen LogP contribution in [-0.2, 0) is 21.7 Å². The van der Waals surface area contributed by atoms with Crippen molar-refractivity contribution in [3.8, 4) is 16.8 Å². The molecule has 0 spiro atoms. The van der Waals surface area contributed by atoms with E-state index in [1.54, 1.807) is 0 Å². The van der Waals surface area contributed by atoms with Gasteiger partial charge in [-0.2, -0.15) is 0 Å². The number of hydrogen-bond acceptors (Lipinski definition) is 3. The van der Waals surface area contributed by atoms with Crippen LogP contribution >= 0.6 is 0 Å². The van der Waals surface area contributed by atoms with Crippen LogP contribution in [0.2, 0.25) is 0 Å². The number of rotatable bonds is 9. The first-order chi connectivity index (χ1) is 38.1. The molecule has 1 N–H and O–H groups in total. The highest BCUT2D eigenvalue weighted by Gasteiger charge is 2.41. The summed E-state index contributed by atoms with van der Waals surface area (Å²) < 4.78 is 2.66. The van der Waals surface area contributed by atoms with Crippen LogP contribution in [0.3, 0.4) is 0 Å². The summed E-state index contributed by atoms with van der Waals surface area (Å²) in [6, 6.07) is 79.3. The largest absolute Gasteiger partial charge is 0.355 e. The van der Waals surface area contributed by atoms with Crippen LogP contribution in [0, 0.1) is 0 Å². The third kappa shape index (κ3) is 8.02. The normalized spacial score (nSPS) is 16.2. The number of nitrogens with one attached hydrogen (secondary N) is 1. The quantitative estimate of drug-likeness (QED) is 0.146. The summed E-state index contributed by atoms with van der Waals surface area (Å²) >= 11 is 0. The average molecular weight is 1020 g/mol. The summed E-state index contributed by atoms with van der Waals surface area (Å²) in [6.07, 6.45) is 4.61. The molecule has 1 aliphatic heterocycles. The summed E-state index contributed by atoms with van der Waals surface area (Å²) in [4.78, 5) is 4.91. The Bertz CT molecular complexity index is 4110. The Kier molecular flexibility index (Phi) is 11.3. The van der Waals surface area contributed by atoms with Gasteiger partial charge in [-0.3, -0.25) is 0 Å². The van der Waals surface area contributed by atoms with E-state index in [1.807, 2.05) is 0 Å². The van der Waals surface area contributed by atoms with E-state index in [2.05, 4.69) is 295 Å². The summed E-state index contributed by atoms with van der Waals surface area (Å²) in [5.74, 6) is 0. The molecule has 2 heterocycles. The number of aromatic nitrogens is 1. The number of hydrogen-bond donors (Lipinski definition) is 1. The molecule has 0 amide bonds. The molecule has 14 rings (SSSR count). The van der Waals surface area contributed by atoms with Gasteiger partial charge in [0.1, 0.15) is 0 Å². The Morgan fingerprint density at radius 2 is 0.937 bits per heavy atom. The lowest BCUT2D eigenvalue weighted by Crippen LogP contribution is -2.41. The van der Waals surface area contributed by atoms with E-state index in [9.17, 15) is 0 Å². The maximum absolute atomic E-state index is 4.15. The molecular formula is C74H68BN4. The lowest BCUT2D eigenvalue weighted by atomic mass is 9.55. The minimum absolute atomic E-state index is 0.0192. The number of anilines is 8. The molecule has 0 atom stereocenters. The van der Waals surface area contributed by atoms with Gasteiger partial charge < -0.3 is 19.7 Å². The smallest absolute Gasteiger partial charge is 0.197 e. The van der Waals surface area contributed by atoms with Gasteiger partial charge in [-0.05, 0) is 188 Å². The van der Waals surface area contributed by atoms with Gasteiger partial charge in [-0.25, -0.2) is 0 Å². The van der Waals surface area contributed by atoms with Crippen molar-refractivity contribution in [1.82, 2.24) is 4.57 Å². The first kappa shape index (κ1) is 49.1. The zero-order chi connectivity index (χ0) is 54.0. The molecule has 0 unspecified atom stereocenters. The monoisotopic (exact) mass is 1020 g/mol. The van der Waals surface area contributed by atoms with Crippen molar-refractivity contribution in [2.75, 3.05) is 15.1 Å². The summed E-state index contributed by atoms with van der Waals surface area (Å²) in [7, 11) is 2.55. The van der Waals surface area contributed by atoms with Crippen LogP contribution in [0.25, 0.3) is 49.4 Å². The number of benzene rings is 10. The van der Waals surface area contributed by atoms with Gasteiger partial charge in [-0.1, -0.05) is 176 Å². The zero-order valence-electron chi connectivity index (χ0n) is 47.0. The molecule has 1 aromatic heterocycles. The highest BCUT2D eigenvalue weighted by molar-refractivity contribution is 6.74. The Morgan fingerprint density at radius 1 is 0.418 bits per heavy atom. The van der Waals surface area contributed by atoms with Crippen molar-refractivity contribution in [1.29, 1.82) is 0 Å². The van der Waals surface area contributed by atoms with Crippen molar-refractivity contribution >= 4 is 96.3 Å². The standard InChI is InChI=1S/C74H68BN4/c1-71(2)39-40-72(3,4)59-43-49(34-36-58(59)71)76-63-37-35-54(77(50-24-13-9-14-25-50)51-26-15-10-16-27-51)44-56(63)57-45-66(78(52-28-17-11-18-29-52)53-30-19-12-20-31-53)68-67-55-32-22-21-23-48(55)33-38-64(67)79-65-47-61-60(46-62(65)75-69(57)70(68)79)73(5,6)41-42-74(61,7)8/h9-38,43-47,76H,39-42H2,1-8H3. The SMILES string of the molecule is CC1(C)CCC(C)(C)c2cc(Nc3ccc(N(c4ccccc4)c4ccccc4)cc3-c3cc(N(c4ccccc4)c4ccccc4)c4c5c6ccccc6ccc5n5c4c3[B]c3cc4c(cc3-5)C(C)(C)CCC4(C)C)ccc21. The van der Waals surface area contributed by atoms with E-state index in [0.717, 1.165) is 75.9 Å². The maximum Gasteiger partial charge on any atom is 0.197 e. The maximum atomic E-state index is 4.15. The third-order valence-corrected chi connectivity index (χ3v) is 18.5. The number of nitrogens with zero attached hydrogens (tertiary/aromatic N) is 3. The van der Waals surface area contributed by atoms with Gasteiger partial charge in [0.05, 0.1) is 16.7 Å². The van der Waals surface area contributed by atoms with Gasteiger partial charge in [0.25, 0.3) is 0 Å². The fourth-order valence-corrected chi connectivity index (χ4v) is 13.9. The highest BCUT2D eigenvalue weighted by Crippen LogP contribution is 2.52. The first-order valence-corrected chi connectivity index (χ1v) is 28.6.